The van der Waals surface area contributed by atoms with Gasteiger partial charge in [0.1, 0.15) is 6.10 Å². The average molecular weight is 268 g/mol. The van der Waals surface area contributed by atoms with Gasteiger partial charge >= 0.3 is 5.97 Å². The van der Waals surface area contributed by atoms with Gasteiger partial charge in [0.15, 0.2) is 0 Å². The zero-order valence-corrected chi connectivity index (χ0v) is 10.9. The second-order valence-corrected chi connectivity index (χ2v) is 6.70. The maximum absolute atomic E-state index is 13.8. The topological polar surface area (TPSA) is 26.3 Å². The minimum Gasteiger partial charge on any atom is -0.462 e. The van der Waals surface area contributed by atoms with Gasteiger partial charge in [0.25, 0.3) is 0 Å². The van der Waals surface area contributed by atoms with Gasteiger partial charge in [0.2, 0.25) is 6.43 Å². The lowest BCUT2D eigenvalue weighted by Gasteiger charge is -2.46. The first-order valence-corrected chi connectivity index (χ1v) is 7.18. The maximum atomic E-state index is 13.8. The summed E-state index contributed by atoms with van der Waals surface area (Å²) in [6, 6.07) is 0. The molecular weight excluding hydrogens is 250 g/mol. The highest BCUT2D eigenvalue weighted by atomic mass is 19.3. The predicted molar refractivity (Wildman–Crippen MR) is 64.4 cm³/mol. The van der Waals surface area contributed by atoms with Crippen molar-refractivity contribution in [2.45, 2.75) is 38.7 Å². The van der Waals surface area contributed by atoms with Crippen molar-refractivity contribution >= 4 is 5.97 Å². The summed E-state index contributed by atoms with van der Waals surface area (Å²) in [6.45, 7) is 1.41. The van der Waals surface area contributed by atoms with E-state index < -0.39 is 11.8 Å². The Balaban J connectivity index is 1.71. The molecule has 4 bridgehead atoms. The molecule has 4 aliphatic carbocycles. The quantitative estimate of drug-likeness (QED) is 0.437. The number of allylic oxidation sites excluding steroid dienone is 2. The van der Waals surface area contributed by atoms with E-state index in [1.54, 1.807) is 0 Å². The van der Waals surface area contributed by atoms with Crippen molar-refractivity contribution in [2.75, 3.05) is 0 Å². The standard InChI is InChI=1S/C15H18F2O2/c1-7(18)19-12-6-10-5-11(12)13-8-2-3-9(4-8)15(10,13)14(16)17/h2-3,8-14H,4-6H2,1H3. The number of alkyl halides is 2. The van der Waals surface area contributed by atoms with Gasteiger partial charge < -0.3 is 4.74 Å². The lowest BCUT2D eigenvalue weighted by atomic mass is 9.60. The molecule has 0 N–H and O–H groups in total. The number of carbonyl (C=O) groups is 1. The number of hydrogen-bond acceptors (Lipinski definition) is 2. The van der Waals surface area contributed by atoms with Crippen molar-refractivity contribution in [3.8, 4) is 0 Å². The molecule has 104 valence electrons. The van der Waals surface area contributed by atoms with Crippen LogP contribution >= 0.6 is 0 Å². The van der Waals surface area contributed by atoms with Crippen LogP contribution in [0.2, 0.25) is 0 Å². The Morgan fingerprint density at radius 2 is 2.11 bits per heavy atom. The van der Waals surface area contributed by atoms with Gasteiger partial charge in [-0.25, -0.2) is 8.78 Å². The molecule has 4 heteroatoms. The average Bonchev–Trinajstić information content (AvgIpc) is 3.04. The van der Waals surface area contributed by atoms with Crippen LogP contribution in [-0.4, -0.2) is 18.5 Å². The molecule has 0 aromatic heterocycles. The van der Waals surface area contributed by atoms with Crippen molar-refractivity contribution < 1.29 is 18.3 Å². The largest absolute Gasteiger partial charge is 0.462 e. The molecule has 19 heavy (non-hydrogen) atoms. The summed E-state index contributed by atoms with van der Waals surface area (Å²) < 4.78 is 33.1. The summed E-state index contributed by atoms with van der Waals surface area (Å²) in [6.07, 6.45) is 4.13. The Morgan fingerprint density at radius 1 is 1.32 bits per heavy atom. The molecule has 2 nitrogen and oxygen atoms in total. The molecule has 0 aromatic rings. The monoisotopic (exact) mass is 268 g/mol. The van der Waals surface area contributed by atoms with Crippen molar-refractivity contribution in [2.24, 2.45) is 35.0 Å². The Bertz CT molecular complexity index is 461. The van der Waals surface area contributed by atoms with Gasteiger partial charge in [-0.15, -0.1) is 0 Å². The molecule has 3 saturated carbocycles. The third-order valence-corrected chi connectivity index (χ3v) is 6.21. The molecule has 3 fully saturated rings. The lowest BCUT2D eigenvalue weighted by Crippen LogP contribution is -2.49. The van der Waals surface area contributed by atoms with E-state index in [2.05, 4.69) is 6.08 Å². The normalized spacial score (nSPS) is 53.1. The van der Waals surface area contributed by atoms with Gasteiger partial charge in [0, 0.05) is 18.3 Å². The van der Waals surface area contributed by atoms with E-state index in [0.717, 1.165) is 12.8 Å². The molecule has 0 radical (unpaired) electrons. The van der Waals surface area contributed by atoms with E-state index >= 15 is 0 Å². The molecule has 0 aliphatic heterocycles. The van der Waals surface area contributed by atoms with Gasteiger partial charge in [0.05, 0.1) is 0 Å². The summed E-state index contributed by atoms with van der Waals surface area (Å²) in [4.78, 5) is 11.2. The van der Waals surface area contributed by atoms with Crippen molar-refractivity contribution in [1.29, 1.82) is 0 Å². The molecule has 0 saturated heterocycles. The highest BCUT2D eigenvalue weighted by Crippen LogP contribution is 2.74. The van der Waals surface area contributed by atoms with Crippen LogP contribution in [0.5, 0.6) is 0 Å². The Kier molecular flexibility index (Phi) is 2.24. The molecule has 4 aliphatic rings. The summed E-state index contributed by atoms with van der Waals surface area (Å²) >= 11 is 0. The van der Waals surface area contributed by atoms with Crippen LogP contribution in [0.3, 0.4) is 0 Å². The van der Waals surface area contributed by atoms with Crippen LogP contribution in [0.1, 0.15) is 26.2 Å². The van der Waals surface area contributed by atoms with Gasteiger partial charge in [-0.2, -0.15) is 0 Å². The number of rotatable bonds is 2. The van der Waals surface area contributed by atoms with Crippen molar-refractivity contribution in [1.82, 2.24) is 0 Å². The van der Waals surface area contributed by atoms with Gasteiger partial charge in [-0.3, -0.25) is 4.79 Å². The maximum Gasteiger partial charge on any atom is 0.302 e. The molecular formula is C15H18F2O2. The number of halogens is 2. The number of hydrogen-bond donors (Lipinski definition) is 0. The zero-order chi connectivity index (χ0) is 13.4. The Morgan fingerprint density at radius 3 is 2.79 bits per heavy atom. The predicted octanol–water partition coefficient (Wildman–Crippen LogP) is 3.03. The number of carbonyl (C=O) groups excluding carboxylic acids is 1. The fourth-order valence-electron chi connectivity index (χ4n) is 5.90. The number of ether oxygens (including phenoxy) is 1. The molecule has 0 spiro atoms. The van der Waals surface area contributed by atoms with Crippen LogP contribution in [-0.2, 0) is 9.53 Å². The smallest absolute Gasteiger partial charge is 0.302 e. The second-order valence-electron chi connectivity index (χ2n) is 6.70. The van der Waals surface area contributed by atoms with E-state index in [1.807, 2.05) is 6.08 Å². The first-order valence-electron chi connectivity index (χ1n) is 7.18. The van der Waals surface area contributed by atoms with E-state index in [-0.39, 0.29) is 41.7 Å². The summed E-state index contributed by atoms with van der Waals surface area (Å²) in [5, 5.41) is 0. The summed E-state index contributed by atoms with van der Waals surface area (Å²) in [7, 11) is 0. The fraction of sp³-hybridized carbons (Fsp3) is 0.800. The molecule has 0 amide bonds. The van der Waals surface area contributed by atoms with E-state index in [9.17, 15) is 13.6 Å². The van der Waals surface area contributed by atoms with Crippen LogP contribution < -0.4 is 0 Å². The Hall–Kier alpha value is -0.930. The molecule has 7 unspecified atom stereocenters. The molecule has 0 heterocycles. The fourth-order valence-corrected chi connectivity index (χ4v) is 5.90. The summed E-state index contributed by atoms with van der Waals surface area (Å²) in [5.74, 6) is 0.280. The van der Waals surface area contributed by atoms with E-state index in [0.29, 0.717) is 6.42 Å². The number of fused-ring (bicyclic) bond motifs is 9. The third kappa shape index (κ3) is 1.23. The van der Waals surface area contributed by atoms with Crippen molar-refractivity contribution in [3.05, 3.63) is 12.2 Å². The molecule has 0 aromatic carbocycles. The minimum atomic E-state index is -2.24. The highest BCUT2D eigenvalue weighted by molar-refractivity contribution is 5.66. The van der Waals surface area contributed by atoms with Crippen molar-refractivity contribution in [3.63, 3.8) is 0 Å². The SMILES string of the molecule is CC(=O)OC1CC2CC1C1C3C=CC(C3)C21C(F)F. The Labute approximate surface area is 111 Å². The molecule has 7 atom stereocenters. The first kappa shape index (κ1) is 11.9. The highest BCUT2D eigenvalue weighted by Gasteiger charge is 2.73. The molecule has 4 rings (SSSR count). The lowest BCUT2D eigenvalue weighted by molar-refractivity contribution is -0.158. The second kappa shape index (κ2) is 3.58. The van der Waals surface area contributed by atoms with E-state index in [1.165, 1.54) is 6.92 Å². The number of esters is 1. The van der Waals surface area contributed by atoms with E-state index in [4.69, 9.17) is 4.74 Å². The van der Waals surface area contributed by atoms with Gasteiger partial charge in [-0.05, 0) is 42.9 Å². The van der Waals surface area contributed by atoms with Gasteiger partial charge in [-0.1, -0.05) is 12.2 Å². The first-order chi connectivity index (χ1) is 9.05. The van der Waals surface area contributed by atoms with Crippen LogP contribution in [0.15, 0.2) is 12.2 Å². The van der Waals surface area contributed by atoms with Crippen LogP contribution in [0, 0.1) is 35.0 Å². The third-order valence-electron chi connectivity index (χ3n) is 6.21. The van der Waals surface area contributed by atoms with Crippen LogP contribution in [0.25, 0.3) is 0 Å². The summed E-state index contributed by atoms with van der Waals surface area (Å²) in [5.41, 5.74) is -0.805. The van der Waals surface area contributed by atoms with Crippen LogP contribution in [0.4, 0.5) is 8.78 Å². The minimum absolute atomic E-state index is 0.0330. The zero-order valence-electron chi connectivity index (χ0n) is 10.9.